The molecule has 0 spiro atoms. The van der Waals surface area contributed by atoms with Gasteiger partial charge in [0.25, 0.3) is 5.56 Å². The van der Waals surface area contributed by atoms with Gasteiger partial charge in [0.05, 0.1) is 10.3 Å². The molecule has 0 unspecified atom stereocenters. The average Bonchev–Trinajstić information content (AvgIpc) is 2.90. The van der Waals surface area contributed by atoms with Crippen LogP contribution >= 0.6 is 11.3 Å². The molecule has 3 heterocycles. The summed E-state index contributed by atoms with van der Waals surface area (Å²) in [6.45, 7) is 3.08. The third kappa shape index (κ3) is 1.50. The Balaban J connectivity index is 2.55. The van der Waals surface area contributed by atoms with E-state index in [1.807, 2.05) is 0 Å². The maximum atomic E-state index is 12.1. The Kier molecular flexibility index (Phi) is 2.48. The van der Waals surface area contributed by atoms with Crippen molar-refractivity contribution < 1.29 is 14.7 Å². The topological polar surface area (TPSA) is 117 Å². The van der Waals surface area contributed by atoms with E-state index in [1.165, 1.54) is 11.4 Å². The Morgan fingerprint density at radius 3 is 2.70 bits per heavy atom. The predicted octanol–water partition coefficient (Wildman–Crippen LogP) is 0.842. The number of fused-ring (bicyclic) bond motifs is 3. The van der Waals surface area contributed by atoms with Crippen molar-refractivity contribution in [2.45, 2.75) is 13.8 Å². The molecule has 8 nitrogen and oxygen atoms in total. The van der Waals surface area contributed by atoms with E-state index in [4.69, 9.17) is 5.11 Å². The number of thiophene rings is 1. The van der Waals surface area contributed by atoms with Crippen LogP contribution in [0.3, 0.4) is 0 Å². The standard InChI is InChI=1S/C11H8N4O4S/c1-3-5-9(17)12-8-6(11(18)19)13-14-15(8)10(5)20-7(3)4(2)16/h14H,1-2H3,(H,18,19). The molecular weight excluding hydrogens is 284 g/mol. The molecule has 3 aromatic rings. The van der Waals surface area contributed by atoms with Gasteiger partial charge in [-0.3, -0.25) is 9.59 Å². The van der Waals surface area contributed by atoms with E-state index >= 15 is 0 Å². The minimum atomic E-state index is -1.28. The van der Waals surface area contributed by atoms with E-state index in [0.29, 0.717) is 20.7 Å². The number of aryl methyl sites for hydroxylation is 1. The van der Waals surface area contributed by atoms with Gasteiger partial charge in [-0.05, 0) is 19.4 Å². The highest BCUT2D eigenvalue weighted by Crippen LogP contribution is 2.28. The normalized spacial score (nSPS) is 11.3. The second kappa shape index (κ2) is 3.97. The first-order valence-electron chi connectivity index (χ1n) is 5.56. The Bertz CT molecular complexity index is 949. The number of carboxylic acids is 1. The summed E-state index contributed by atoms with van der Waals surface area (Å²) in [6, 6.07) is 0. The number of H-pyrrole nitrogens is 1. The van der Waals surface area contributed by atoms with Gasteiger partial charge in [-0.2, -0.15) is 4.98 Å². The molecule has 2 N–H and O–H groups in total. The predicted molar refractivity (Wildman–Crippen MR) is 70.7 cm³/mol. The first kappa shape index (κ1) is 12.5. The van der Waals surface area contributed by atoms with E-state index in [-0.39, 0.29) is 17.1 Å². The Hall–Kier alpha value is -2.55. The molecule has 0 aliphatic rings. The third-order valence-electron chi connectivity index (χ3n) is 2.96. The molecule has 9 heteroatoms. The van der Waals surface area contributed by atoms with Crippen LogP contribution in [0.2, 0.25) is 0 Å². The molecule has 0 bridgehead atoms. The number of ketones is 1. The molecular formula is C11H8N4O4S. The minimum absolute atomic E-state index is 0.0636. The highest BCUT2D eigenvalue weighted by atomic mass is 32.1. The Labute approximate surface area is 114 Å². The summed E-state index contributed by atoms with van der Waals surface area (Å²) >= 11 is 1.11. The second-order valence-corrected chi connectivity index (χ2v) is 5.23. The summed E-state index contributed by atoms with van der Waals surface area (Å²) in [5.74, 6) is -1.44. The quantitative estimate of drug-likeness (QED) is 0.676. The monoisotopic (exact) mass is 292 g/mol. The summed E-state index contributed by atoms with van der Waals surface area (Å²) in [5, 5.41) is 15.4. The van der Waals surface area contributed by atoms with Gasteiger partial charge in [-0.25, -0.2) is 14.5 Å². The largest absolute Gasteiger partial charge is 0.476 e. The van der Waals surface area contributed by atoms with Crippen LogP contribution in [0.25, 0.3) is 15.9 Å². The van der Waals surface area contributed by atoms with E-state index in [2.05, 4.69) is 15.3 Å². The zero-order valence-corrected chi connectivity index (χ0v) is 11.2. The van der Waals surface area contributed by atoms with Crippen LogP contribution in [0.5, 0.6) is 0 Å². The van der Waals surface area contributed by atoms with Crippen LogP contribution < -0.4 is 5.56 Å². The lowest BCUT2D eigenvalue weighted by Crippen LogP contribution is -2.11. The number of nitrogens with zero attached hydrogens (tertiary/aromatic N) is 3. The highest BCUT2D eigenvalue weighted by Gasteiger charge is 2.22. The number of hydrogen-bond acceptors (Lipinski definition) is 6. The number of aromatic carboxylic acids is 1. The lowest BCUT2D eigenvalue weighted by molar-refractivity contribution is 0.0692. The van der Waals surface area contributed by atoms with Crippen molar-refractivity contribution in [2.75, 3.05) is 0 Å². The number of carbonyl (C=O) groups excluding carboxylic acids is 1. The van der Waals surface area contributed by atoms with Crippen LogP contribution in [0.15, 0.2) is 4.79 Å². The molecule has 0 aromatic carbocycles. The minimum Gasteiger partial charge on any atom is -0.476 e. The molecule has 0 aliphatic heterocycles. The van der Waals surface area contributed by atoms with Gasteiger partial charge in [0, 0.05) is 0 Å². The van der Waals surface area contributed by atoms with E-state index < -0.39 is 11.5 Å². The molecule has 3 rings (SSSR count). The molecule has 20 heavy (non-hydrogen) atoms. The van der Waals surface area contributed by atoms with Crippen molar-refractivity contribution in [3.05, 3.63) is 26.5 Å². The molecule has 0 aliphatic carbocycles. The average molecular weight is 292 g/mol. The number of nitrogens with one attached hydrogen (secondary N) is 1. The molecule has 102 valence electrons. The van der Waals surface area contributed by atoms with Gasteiger partial charge < -0.3 is 5.11 Å². The molecule has 0 amide bonds. The van der Waals surface area contributed by atoms with Gasteiger partial charge >= 0.3 is 5.97 Å². The van der Waals surface area contributed by atoms with Crippen molar-refractivity contribution in [3.8, 4) is 0 Å². The van der Waals surface area contributed by atoms with E-state index in [9.17, 15) is 14.4 Å². The number of hydrogen-bond donors (Lipinski definition) is 2. The summed E-state index contributed by atoms with van der Waals surface area (Å²) in [5.41, 5.74) is -0.410. The maximum Gasteiger partial charge on any atom is 0.360 e. The van der Waals surface area contributed by atoms with E-state index in [0.717, 1.165) is 11.3 Å². The Morgan fingerprint density at radius 1 is 1.40 bits per heavy atom. The SMILES string of the molecule is CC(=O)c1sc2c(c1C)c(=O)nc1c(C(=O)O)n[nH]n12. The van der Waals surface area contributed by atoms with E-state index in [1.54, 1.807) is 6.92 Å². The number of aromatic amines is 1. The fourth-order valence-corrected chi connectivity index (χ4v) is 3.24. The number of carboxylic acid groups (broad SMARTS) is 1. The number of carbonyl (C=O) groups is 2. The summed E-state index contributed by atoms with van der Waals surface area (Å²) in [6.07, 6.45) is 0. The number of Topliss-reactive ketones (excluding diaryl/α,β-unsaturated/α-hetero) is 1. The molecule has 0 saturated heterocycles. The highest BCUT2D eigenvalue weighted by molar-refractivity contribution is 7.20. The fraction of sp³-hybridized carbons (Fsp3) is 0.182. The summed E-state index contributed by atoms with van der Waals surface area (Å²) in [4.78, 5) is 39.3. The summed E-state index contributed by atoms with van der Waals surface area (Å²) in [7, 11) is 0. The smallest absolute Gasteiger partial charge is 0.360 e. The first-order valence-corrected chi connectivity index (χ1v) is 6.38. The van der Waals surface area contributed by atoms with Crippen molar-refractivity contribution in [3.63, 3.8) is 0 Å². The first-order chi connectivity index (χ1) is 9.41. The molecule has 3 aromatic heterocycles. The third-order valence-corrected chi connectivity index (χ3v) is 4.34. The zero-order valence-electron chi connectivity index (χ0n) is 10.4. The van der Waals surface area contributed by atoms with Gasteiger partial charge in [-0.1, -0.05) is 0 Å². The fourth-order valence-electron chi connectivity index (χ4n) is 2.09. The van der Waals surface area contributed by atoms with Crippen molar-refractivity contribution in [1.82, 2.24) is 19.8 Å². The van der Waals surface area contributed by atoms with Gasteiger partial charge in [0.15, 0.2) is 11.4 Å². The van der Waals surface area contributed by atoms with Gasteiger partial charge in [0.1, 0.15) is 4.83 Å². The van der Waals surface area contributed by atoms with Crippen LogP contribution in [0.1, 0.15) is 32.6 Å². The molecule has 0 saturated carbocycles. The van der Waals surface area contributed by atoms with Crippen LogP contribution in [0, 0.1) is 6.92 Å². The zero-order chi connectivity index (χ0) is 14.6. The van der Waals surface area contributed by atoms with Crippen molar-refractivity contribution in [2.24, 2.45) is 0 Å². The van der Waals surface area contributed by atoms with Crippen molar-refractivity contribution >= 4 is 39.0 Å². The summed E-state index contributed by atoms with van der Waals surface area (Å²) < 4.78 is 1.31. The second-order valence-electron chi connectivity index (χ2n) is 4.23. The van der Waals surface area contributed by atoms with Crippen molar-refractivity contribution in [1.29, 1.82) is 0 Å². The lowest BCUT2D eigenvalue weighted by Gasteiger charge is -1.94. The number of rotatable bonds is 2. The van der Waals surface area contributed by atoms with Gasteiger partial charge in [0.2, 0.25) is 5.69 Å². The lowest BCUT2D eigenvalue weighted by atomic mass is 10.2. The molecule has 0 radical (unpaired) electrons. The maximum absolute atomic E-state index is 12.1. The van der Waals surface area contributed by atoms with Crippen LogP contribution in [0.4, 0.5) is 0 Å². The Morgan fingerprint density at radius 2 is 2.10 bits per heavy atom. The van der Waals surface area contributed by atoms with Crippen LogP contribution in [-0.4, -0.2) is 36.7 Å². The van der Waals surface area contributed by atoms with Crippen LogP contribution in [-0.2, 0) is 0 Å². The number of aromatic nitrogens is 4. The molecule has 0 fully saturated rings. The molecule has 0 atom stereocenters. The van der Waals surface area contributed by atoms with Gasteiger partial charge in [-0.15, -0.1) is 16.4 Å².